The summed E-state index contributed by atoms with van der Waals surface area (Å²) in [6.07, 6.45) is 1.99. The summed E-state index contributed by atoms with van der Waals surface area (Å²) in [5, 5.41) is 3.17. The van der Waals surface area contributed by atoms with Crippen LogP contribution in [-0.2, 0) is 14.9 Å². The molecule has 0 spiro atoms. The Morgan fingerprint density at radius 3 is 2.61 bits per heavy atom. The Kier molecular flexibility index (Phi) is 4.97. The molecule has 6 nitrogen and oxygen atoms in total. The summed E-state index contributed by atoms with van der Waals surface area (Å²) in [7, 11) is -1.59. The van der Waals surface area contributed by atoms with Crippen LogP contribution in [0.1, 0.15) is 12.8 Å². The molecule has 18 heavy (non-hydrogen) atoms. The highest BCUT2D eigenvalue weighted by Crippen LogP contribution is 2.21. The lowest BCUT2D eigenvalue weighted by molar-refractivity contribution is 0.116. The maximum atomic E-state index is 12.5. The highest BCUT2D eigenvalue weighted by atomic mass is 32.2. The van der Waals surface area contributed by atoms with E-state index in [0.717, 1.165) is 25.9 Å². The van der Waals surface area contributed by atoms with Crippen molar-refractivity contribution in [2.45, 2.75) is 12.8 Å². The van der Waals surface area contributed by atoms with Crippen LogP contribution in [0.15, 0.2) is 0 Å². The van der Waals surface area contributed by atoms with Crippen LogP contribution in [0.3, 0.4) is 0 Å². The number of piperidine rings is 1. The molecule has 0 aromatic carbocycles. The van der Waals surface area contributed by atoms with E-state index in [1.165, 1.54) is 0 Å². The largest absolute Gasteiger partial charge is 0.384 e. The maximum Gasteiger partial charge on any atom is 0.282 e. The number of methoxy groups -OCH3 is 1. The van der Waals surface area contributed by atoms with Gasteiger partial charge in [0.2, 0.25) is 0 Å². The lowest BCUT2D eigenvalue weighted by Crippen LogP contribution is -2.53. The highest BCUT2D eigenvalue weighted by Gasteiger charge is 2.33. The highest BCUT2D eigenvalue weighted by molar-refractivity contribution is 7.86. The van der Waals surface area contributed by atoms with Gasteiger partial charge in [-0.25, -0.2) is 0 Å². The molecule has 2 aliphatic heterocycles. The zero-order valence-electron chi connectivity index (χ0n) is 11.0. The molecule has 2 fully saturated rings. The van der Waals surface area contributed by atoms with E-state index in [1.807, 2.05) is 0 Å². The Bertz CT molecular complexity index is 353. The topological polar surface area (TPSA) is 61.9 Å². The molecule has 0 radical (unpaired) electrons. The number of piperazine rings is 1. The van der Waals surface area contributed by atoms with Crippen LogP contribution in [-0.4, -0.2) is 70.0 Å². The zero-order chi connectivity index (χ0) is 13.0. The summed E-state index contributed by atoms with van der Waals surface area (Å²) in [5.41, 5.74) is 0. The first-order chi connectivity index (χ1) is 8.64. The first kappa shape index (κ1) is 14.2. The molecule has 1 N–H and O–H groups in total. The summed E-state index contributed by atoms with van der Waals surface area (Å²) in [6, 6.07) is 0. The summed E-state index contributed by atoms with van der Waals surface area (Å²) in [4.78, 5) is 0. The number of hydrogen-bond donors (Lipinski definition) is 1. The van der Waals surface area contributed by atoms with E-state index < -0.39 is 10.2 Å². The van der Waals surface area contributed by atoms with Gasteiger partial charge in [0.05, 0.1) is 6.61 Å². The molecule has 0 amide bonds. The van der Waals surface area contributed by atoms with Crippen molar-refractivity contribution in [2.75, 3.05) is 53.0 Å². The molecule has 2 heterocycles. The zero-order valence-corrected chi connectivity index (χ0v) is 11.8. The minimum absolute atomic E-state index is 0.335. The Labute approximate surface area is 109 Å². The van der Waals surface area contributed by atoms with Gasteiger partial charge in [-0.3, -0.25) is 0 Å². The van der Waals surface area contributed by atoms with Crippen LogP contribution in [0.2, 0.25) is 0 Å². The van der Waals surface area contributed by atoms with Gasteiger partial charge in [-0.1, -0.05) is 0 Å². The average molecular weight is 277 g/mol. The van der Waals surface area contributed by atoms with Crippen LogP contribution < -0.4 is 5.32 Å². The van der Waals surface area contributed by atoms with E-state index in [4.69, 9.17) is 4.74 Å². The predicted octanol–water partition coefficient (Wildman–Crippen LogP) is -0.505. The monoisotopic (exact) mass is 277 g/mol. The summed E-state index contributed by atoms with van der Waals surface area (Å²) in [6.45, 7) is 4.53. The fourth-order valence-corrected chi connectivity index (χ4v) is 4.38. The SMILES string of the molecule is COCC1CCCN(S(=O)(=O)N2CCNCC2)C1. The van der Waals surface area contributed by atoms with Crippen molar-refractivity contribution in [3.05, 3.63) is 0 Å². The summed E-state index contributed by atoms with van der Waals surface area (Å²) < 4.78 is 33.3. The number of hydrogen-bond acceptors (Lipinski definition) is 4. The van der Waals surface area contributed by atoms with Crippen LogP contribution in [0.4, 0.5) is 0 Å². The van der Waals surface area contributed by atoms with Gasteiger partial charge < -0.3 is 10.1 Å². The fraction of sp³-hybridized carbons (Fsp3) is 1.00. The first-order valence-electron chi connectivity index (χ1n) is 6.59. The van der Waals surface area contributed by atoms with Crippen molar-refractivity contribution < 1.29 is 13.2 Å². The van der Waals surface area contributed by atoms with Gasteiger partial charge in [0.1, 0.15) is 0 Å². The number of nitrogens with one attached hydrogen (secondary N) is 1. The lowest BCUT2D eigenvalue weighted by Gasteiger charge is -2.36. The van der Waals surface area contributed by atoms with Gasteiger partial charge in [-0.15, -0.1) is 0 Å². The second-order valence-electron chi connectivity index (χ2n) is 4.98. The van der Waals surface area contributed by atoms with Crippen LogP contribution in [0.5, 0.6) is 0 Å². The number of ether oxygens (including phenoxy) is 1. The van der Waals surface area contributed by atoms with Gasteiger partial charge in [0.15, 0.2) is 0 Å². The molecule has 0 bridgehead atoms. The summed E-state index contributed by atoms with van der Waals surface area (Å²) >= 11 is 0. The Morgan fingerprint density at radius 2 is 1.94 bits per heavy atom. The number of rotatable bonds is 4. The molecule has 1 atom stereocenters. The maximum absolute atomic E-state index is 12.5. The van der Waals surface area contributed by atoms with Crippen molar-refractivity contribution in [1.29, 1.82) is 0 Å². The third-order valence-corrected chi connectivity index (χ3v) is 5.61. The van der Waals surface area contributed by atoms with Crippen molar-refractivity contribution >= 4 is 10.2 Å². The third-order valence-electron chi connectivity index (χ3n) is 3.61. The second-order valence-corrected chi connectivity index (χ2v) is 6.91. The van der Waals surface area contributed by atoms with Gasteiger partial charge >= 0.3 is 0 Å². The minimum atomic E-state index is -3.27. The molecule has 1 unspecified atom stereocenters. The normalized spacial score (nSPS) is 28.4. The van der Waals surface area contributed by atoms with Crippen LogP contribution in [0, 0.1) is 5.92 Å². The van der Waals surface area contributed by atoms with E-state index >= 15 is 0 Å². The van der Waals surface area contributed by atoms with Crippen LogP contribution in [0.25, 0.3) is 0 Å². The Hall–Kier alpha value is -0.210. The molecule has 106 valence electrons. The van der Waals surface area contributed by atoms with Crippen LogP contribution >= 0.6 is 0 Å². The van der Waals surface area contributed by atoms with Crippen molar-refractivity contribution in [3.63, 3.8) is 0 Å². The lowest BCUT2D eigenvalue weighted by atomic mass is 10.0. The molecular weight excluding hydrogens is 254 g/mol. The smallest absolute Gasteiger partial charge is 0.282 e. The summed E-state index contributed by atoms with van der Waals surface area (Å²) in [5.74, 6) is 0.335. The van der Waals surface area contributed by atoms with Gasteiger partial charge in [0.25, 0.3) is 10.2 Å². The second kappa shape index (κ2) is 6.29. The van der Waals surface area contributed by atoms with Crippen molar-refractivity contribution in [3.8, 4) is 0 Å². The van der Waals surface area contributed by atoms with Crippen molar-refractivity contribution in [2.24, 2.45) is 5.92 Å². The van der Waals surface area contributed by atoms with Crippen molar-refractivity contribution in [1.82, 2.24) is 13.9 Å². The van der Waals surface area contributed by atoms with Gasteiger partial charge in [-0.05, 0) is 18.8 Å². The van der Waals surface area contributed by atoms with Gasteiger partial charge in [-0.2, -0.15) is 17.0 Å². The molecule has 0 aromatic heterocycles. The fourth-order valence-electron chi connectivity index (χ4n) is 2.65. The Balaban J connectivity index is 1.99. The molecule has 2 aliphatic rings. The number of nitrogens with zero attached hydrogens (tertiary/aromatic N) is 2. The van der Waals surface area contributed by atoms with E-state index in [9.17, 15) is 8.42 Å². The standard InChI is InChI=1S/C11H23N3O3S/c1-17-10-11-3-2-6-14(9-11)18(15,16)13-7-4-12-5-8-13/h11-12H,2-10H2,1H3. The minimum Gasteiger partial charge on any atom is -0.384 e. The van der Waals surface area contributed by atoms with E-state index in [2.05, 4.69) is 5.32 Å². The molecule has 0 aliphatic carbocycles. The average Bonchev–Trinajstić information content (AvgIpc) is 2.40. The molecule has 0 aromatic rings. The van der Waals surface area contributed by atoms with Gasteiger partial charge in [0, 0.05) is 46.4 Å². The van der Waals surface area contributed by atoms with E-state index in [0.29, 0.717) is 38.7 Å². The predicted molar refractivity (Wildman–Crippen MR) is 69.5 cm³/mol. The molecule has 2 rings (SSSR count). The third kappa shape index (κ3) is 3.21. The molecule has 2 saturated heterocycles. The molecular formula is C11H23N3O3S. The Morgan fingerprint density at radius 1 is 1.22 bits per heavy atom. The first-order valence-corrected chi connectivity index (χ1v) is 7.99. The quantitative estimate of drug-likeness (QED) is 0.752. The molecule has 7 heteroatoms. The van der Waals surface area contributed by atoms with E-state index in [1.54, 1.807) is 15.7 Å². The molecule has 0 saturated carbocycles. The van der Waals surface area contributed by atoms with E-state index in [-0.39, 0.29) is 0 Å².